The molecule has 0 bridgehead atoms. The molecule has 0 saturated heterocycles. The van der Waals surface area contributed by atoms with Crippen LogP contribution >= 0.6 is 11.8 Å². The van der Waals surface area contributed by atoms with Crippen LogP contribution in [0.3, 0.4) is 0 Å². The predicted octanol–water partition coefficient (Wildman–Crippen LogP) is 4.21. The maximum atomic E-state index is 12.3. The molecule has 0 unspecified atom stereocenters. The molecule has 2 aromatic carbocycles. The summed E-state index contributed by atoms with van der Waals surface area (Å²) in [4.78, 5) is 13.4. The van der Waals surface area contributed by atoms with Crippen LogP contribution in [-0.2, 0) is 4.79 Å². The van der Waals surface area contributed by atoms with Crippen LogP contribution in [0, 0.1) is 0 Å². The molecule has 0 aromatic heterocycles. The number of para-hydroxylation sites is 1. The van der Waals surface area contributed by atoms with Gasteiger partial charge in [-0.2, -0.15) is 0 Å². The van der Waals surface area contributed by atoms with Crippen molar-refractivity contribution in [3.8, 4) is 11.5 Å². The van der Waals surface area contributed by atoms with Crippen LogP contribution in [0.15, 0.2) is 53.4 Å². The van der Waals surface area contributed by atoms with E-state index in [1.807, 2.05) is 24.3 Å². The SMILES string of the molecule is CCSc1ccccc1NC(=O)[C@H](C)Oc1ccc(OC)cc1. The average Bonchev–Trinajstić information content (AvgIpc) is 2.57. The number of ether oxygens (including phenoxy) is 2. The van der Waals surface area contributed by atoms with Crippen molar-refractivity contribution in [2.45, 2.75) is 24.8 Å². The third-order valence-corrected chi connectivity index (χ3v) is 4.14. The van der Waals surface area contributed by atoms with Gasteiger partial charge in [-0.25, -0.2) is 0 Å². The molecule has 122 valence electrons. The second kappa shape index (κ2) is 8.48. The van der Waals surface area contributed by atoms with Gasteiger partial charge in [0.25, 0.3) is 5.91 Å². The Morgan fingerprint density at radius 3 is 2.43 bits per heavy atom. The number of nitrogens with one attached hydrogen (secondary N) is 1. The lowest BCUT2D eigenvalue weighted by molar-refractivity contribution is -0.122. The fourth-order valence-electron chi connectivity index (χ4n) is 2.00. The van der Waals surface area contributed by atoms with Crippen molar-refractivity contribution in [3.05, 3.63) is 48.5 Å². The fraction of sp³-hybridized carbons (Fsp3) is 0.278. The highest BCUT2D eigenvalue weighted by molar-refractivity contribution is 7.99. The van der Waals surface area contributed by atoms with Crippen LogP contribution in [0.5, 0.6) is 11.5 Å². The first-order valence-electron chi connectivity index (χ1n) is 7.47. The van der Waals surface area contributed by atoms with Crippen molar-refractivity contribution in [1.29, 1.82) is 0 Å². The van der Waals surface area contributed by atoms with Crippen LogP contribution in [0.4, 0.5) is 5.69 Å². The first kappa shape index (κ1) is 17.2. The molecule has 1 amide bonds. The molecule has 2 aromatic rings. The van der Waals surface area contributed by atoms with E-state index < -0.39 is 6.10 Å². The van der Waals surface area contributed by atoms with Gasteiger partial charge in [0, 0.05) is 4.90 Å². The van der Waals surface area contributed by atoms with E-state index in [0.29, 0.717) is 5.75 Å². The summed E-state index contributed by atoms with van der Waals surface area (Å²) in [6.45, 7) is 3.81. The van der Waals surface area contributed by atoms with Gasteiger partial charge in [-0.1, -0.05) is 19.1 Å². The first-order valence-corrected chi connectivity index (χ1v) is 8.46. The number of carbonyl (C=O) groups excluding carboxylic acids is 1. The van der Waals surface area contributed by atoms with Gasteiger partial charge in [0.1, 0.15) is 11.5 Å². The highest BCUT2D eigenvalue weighted by Gasteiger charge is 2.16. The maximum absolute atomic E-state index is 12.3. The van der Waals surface area contributed by atoms with Crippen molar-refractivity contribution < 1.29 is 14.3 Å². The summed E-state index contributed by atoms with van der Waals surface area (Å²) in [7, 11) is 1.61. The van der Waals surface area contributed by atoms with Gasteiger partial charge in [-0.3, -0.25) is 4.79 Å². The average molecular weight is 331 g/mol. The smallest absolute Gasteiger partial charge is 0.265 e. The van der Waals surface area contributed by atoms with Crippen LogP contribution < -0.4 is 14.8 Å². The molecule has 0 fully saturated rings. The van der Waals surface area contributed by atoms with Crippen molar-refractivity contribution in [1.82, 2.24) is 0 Å². The number of amides is 1. The number of thioether (sulfide) groups is 1. The van der Waals surface area contributed by atoms with Gasteiger partial charge in [-0.15, -0.1) is 11.8 Å². The third-order valence-electron chi connectivity index (χ3n) is 3.19. The number of anilines is 1. The van der Waals surface area contributed by atoms with Gasteiger partial charge in [0.2, 0.25) is 0 Å². The van der Waals surface area contributed by atoms with E-state index in [1.54, 1.807) is 50.1 Å². The van der Waals surface area contributed by atoms with E-state index in [4.69, 9.17) is 9.47 Å². The summed E-state index contributed by atoms with van der Waals surface area (Å²) in [5.74, 6) is 2.15. The molecule has 0 aliphatic carbocycles. The summed E-state index contributed by atoms with van der Waals surface area (Å²) in [5.41, 5.74) is 0.814. The Bertz CT molecular complexity index is 643. The highest BCUT2D eigenvalue weighted by atomic mass is 32.2. The summed E-state index contributed by atoms with van der Waals surface area (Å²) < 4.78 is 10.8. The quantitative estimate of drug-likeness (QED) is 0.772. The summed E-state index contributed by atoms with van der Waals surface area (Å²) in [5, 5.41) is 2.93. The predicted molar refractivity (Wildman–Crippen MR) is 94.6 cm³/mol. The van der Waals surface area contributed by atoms with Gasteiger partial charge >= 0.3 is 0 Å². The zero-order valence-corrected chi connectivity index (χ0v) is 14.4. The van der Waals surface area contributed by atoms with Gasteiger partial charge in [0.15, 0.2) is 6.10 Å². The molecule has 0 radical (unpaired) electrons. The first-order chi connectivity index (χ1) is 11.1. The molecule has 0 spiro atoms. The molecular formula is C18H21NO3S. The lowest BCUT2D eigenvalue weighted by Gasteiger charge is -2.16. The number of methoxy groups -OCH3 is 1. The molecule has 2 rings (SSSR count). The van der Waals surface area contributed by atoms with Crippen LogP contribution in [0.25, 0.3) is 0 Å². The summed E-state index contributed by atoms with van der Waals surface area (Å²) in [6.07, 6.45) is -0.594. The van der Waals surface area contributed by atoms with Crippen LogP contribution in [0.1, 0.15) is 13.8 Å². The second-order valence-electron chi connectivity index (χ2n) is 4.85. The lowest BCUT2D eigenvalue weighted by atomic mass is 10.3. The minimum absolute atomic E-state index is 0.176. The monoisotopic (exact) mass is 331 g/mol. The summed E-state index contributed by atoms with van der Waals surface area (Å²) in [6, 6.07) is 14.9. The normalized spacial score (nSPS) is 11.6. The van der Waals surface area contributed by atoms with Crippen molar-refractivity contribution in [2.75, 3.05) is 18.2 Å². The Kier molecular flexibility index (Phi) is 6.35. The van der Waals surface area contributed by atoms with Crippen LogP contribution in [-0.4, -0.2) is 24.9 Å². The van der Waals surface area contributed by atoms with Crippen molar-refractivity contribution in [2.24, 2.45) is 0 Å². The van der Waals surface area contributed by atoms with Crippen LogP contribution in [0.2, 0.25) is 0 Å². The standard InChI is InChI=1S/C18H21NO3S/c1-4-23-17-8-6-5-7-16(17)19-18(20)13(2)22-15-11-9-14(21-3)10-12-15/h5-13H,4H2,1-3H3,(H,19,20)/t13-/m0/s1. The van der Waals surface area contributed by atoms with E-state index in [-0.39, 0.29) is 5.91 Å². The molecule has 0 heterocycles. The molecule has 1 atom stereocenters. The third kappa shape index (κ3) is 4.93. The van der Waals surface area contributed by atoms with Crippen molar-refractivity contribution >= 4 is 23.4 Å². The van der Waals surface area contributed by atoms with E-state index in [1.165, 1.54) is 0 Å². The molecule has 0 aliphatic rings. The van der Waals surface area contributed by atoms with E-state index in [9.17, 15) is 4.79 Å². The van der Waals surface area contributed by atoms with Gasteiger partial charge in [-0.05, 0) is 49.1 Å². The fourth-order valence-corrected chi connectivity index (χ4v) is 2.76. The molecule has 0 aliphatic heterocycles. The van der Waals surface area contributed by atoms with Gasteiger partial charge in [0.05, 0.1) is 12.8 Å². The number of hydrogen-bond acceptors (Lipinski definition) is 4. The number of hydrogen-bond donors (Lipinski definition) is 1. The molecule has 0 saturated carbocycles. The zero-order chi connectivity index (χ0) is 16.7. The maximum Gasteiger partial charge on any atom is 0.265 e. The Morgan fingerprint density at radius 2 is 1.78 bits per heavy atom. The number of rotatable bonds is 7. The van der Waals surface area contributed by atoms with E-state index in [0.717, 1.165) is 22.1 Å². The zero-order valence-electron chi connectivity index (χ0n) is 13.5. The highest BCUT2D eigenvalue weighted by Crippen LogP contribution is 2.27. The number of carbonyl (C=O) groups is 1. The molecule has 5 heteroatoms. The van der Waals surface area contributed by atoms with E-state index >= 15 is 0 Å². The molecule has 4 nitrogen and oxygen atoms in total. The topological polar surface area (TPSA) is 47.6 Å². The summed E-state index contributed by atoms with van der Waals surface area (Å²) >= 11 is 1.69. The van der Waals surface area contributed by atoms with Crippen molar-refractivity contribution in [3.63, 3.8) is 0 Å². The molecule has 23 heavy (non-hydrogen) atoms. The Balaban J connectivity index is 1.99. The molecule has 1 N–H and O–H groups in total. The lowest BCUT2D eigenvalue weighted by Crippen LogP contribution is -2.30. The minimum Gasteiger partial charge on any atom is -0.497 e. The minimum atomic E-state index is -0.594. The Morgan fingerprint density at radius 1 is 1.13 bits per heavy atom. The van der Waals surface area contributed by atoms with E-state index in [2.05, 4.69) is 12.2 Å². The number of benzene rings is 2. The second-order valence-corrected chi connectivity index (χ2v) is 6.16. The largest absolute Gasteiger partial charge is 0.497 e. The Hall–Kier alpha value is -2.14. The van der Waals surface area contributed by atoms with Gasteiger partial charge < -0.3 is 14.8 Å². The Labute approximate surface area is 141 Å². The molecular weight excluding hydrogens is 310 g/mol.